The van der Waals surface area contributed by atoms with Gasteiger partial charge in [0.2, 0.25) is 0 Å². The molecule has 7 heteroatoms. The van der Waals surface area contributed by atoms with Crippen LogP contribution < -0.4 is 10.1 Å². The minimum atomic E-state index is -0.762. The van der Waals surface area contributed by atoms with Gasteiger partial charge in [0, 0.05) is 16.0 Å². The lowest BCUT2D eigenvalue weighted by Gasteiger charge is -2.20. The minimum absolute atomic E-state index is 0.0337. The predicted octanol–water partition coefficient (Wildman–Crippen LogP) is 6.95. The van der Waals surface area contributed by atoms with Gasteiger partial charge in [0.15, 0.2) is 6.10 Å². The van der Waals surface area contributed by atoms with E-state index in [0.717, 1.165) is 5.56 Å². The molecular weight excluding hydrogens is 458 g/mol. The fourth-order valence-corrected chi connectivity index (χ4v) is 4.29. The first kappa shape index (κ1) is 24.8. The number of halogens is 1. The lowest BCUT2D eigenvalue weighted by Crippen LogP contribution is -2.30. The zero-order chi connectivity index (χ0) is 24.2. The van der Waals surface area contributed by atoms with Crippen molar-refractivity contribution < 1.29 is 19.1 Å². The van der Waals surface area contributed by atoms with Crippen molar-refractivity contribution in [3.8, 4) is 16.9 Å². The van der Waals surface area contributed by atoms with Gasteiger partial charge < -0.3 is 14.8 Å². The van der Waals surface area contributed by atoms with Crippen LogP contribution in [0.25, 0.3) is 11.1 Å². The van der Waals surface area contributed by atoms with Crippen LogP contribution in [0, 0.1) is 0 Å². The first-order valence-electron chi connectivity index (χ1n) is 10.7. The van der Waals surface area contributed by atoms with Crippen LogP contribution in [-0.4, -0.2) is 24.6 Å². The van der Waals surface area contributed by atoms with E-state index in [9.17, 15) is 9.59 Å². The van der Waals surface area contributed by atoms with E-state index in [-0.39, 0.29) is 17.9 Å². The lowest BCUT2D eigenvalue weighted by atomic mass is 9.87. The number of carbonyl (C=O) groups excluding carboxylic acids is 2. The number of carbonyl (C=O) groups is 2. The van der Waals surface area contributed by atoms with Gasteiger partial charge in [0.1, 0.15) is 16.3 Å². The molecule has 5 nitrogen and oxygen atoms in total. The number of hydrogen-bond donors (Lipinski definition) is 1. The van der Waals surface area contributed by atoms with Crippen LogP contribution >= 0.6 is 22.9 Å². The Hall–Kier alpha value is -2.83. The van der Waals surface area contributed by atoms with E-state index >= 15 is 0 Å². The van der Waals surface area contributed by atoms with Gasteiger partial charge in [-0.25, -0.2) is 4.79 Å². The highest BCUT2D eigenvalue weighted by Gasteiger charge is 2.25. The summed E-state index contributed by atoms with van der Waals surface area (Å²) in [7, 11) is 0. The monoisotopic (exact) mass is 485 g/mol. The average Bonchev–Trinajstić information content (AvgIpc) is 3.17. The topological polar surface area (TPSA) is 64.6 Å². The zero-order valence-electron chi connectivity index (χ0n) is 19.4. The van der Waals surface area contributed by atoms with Crippen LogP contribution in [-0.2, 0) is 14.9 Å². The Morgan fingerprint density at radius 2 is 1.70 bits per heavy atom. The molecule has 1 heterocycles. The Balaban J connectivity index is 1.79. The Bertz CT molecular complexity index is 1110. The smallest absolute Gasteiger partial charge is 0.341 e. The summed E-state index contributed by atoms with van der Waals surface area (Å²) in [6.07, 6.45) is -0.762. The third kappa shape index (κ3) is 6.15. The quantitative estimate of drug-likeness (QED) is 0.368. The molecule has 0 saturated heterocycles. The van der Waals surface area contributed by atoms with Crippen molar-refractivity contribution in [3.05, 3.63) is 70.1 Å². The van der Waals surface area contributed by atoms with E-state index in [4.69, 9.17) is 21.1 Å². The van der Waals surface area contributed by atoms with Crippen LogP contribution in [0.5, 0.6) is 5.75 Å². The number of thiophene rings is 1. The number of rotatable bonds is 7. The SMILES string of the molecule is CCOC(=O)c1c(-c2ccc(Cl)cc2)csc1NC(=O)C(C)Oc1ccc(C(C)(C)C)cc1. The first-order valence-corrected chi connectivity index (χ1v) is 12.0. The molecule has 1 atom stereocenters. The van der Waals surface area contributed by atoms with Crippen molar-refractivity contribution in [2.45, 2.75) is 46.1 Å². The summed E-state index contributed by atoms with van der Waals surface area (Å²) in [6.45, 7) is 10.1. The van der Waals surface area contributed by atoms with Gasteiger partial charge in [-0.2, -0.15) is 0 Å². The Morgan fingerprint density at radius 3 is 2.27 bits per heavy atom. The normalized spacial score (nSPS) is 12.2. The number of amides is 1. The average molecular weight is 486 g/mol. The molecule has 2 aromatic carbocycles. The van der Waals surface area contributed by atoms with E-state index in [0.29, 0.717) is 26.9 Å². The standard InChI is InChI=1S/C26H28ClNO4S/c1-6-31-25(30)22-21(17-7-11-19(27)12-8-17)15-33-24(22)28-23(29)16(2)32-20-13-9-18(10-14-20)26(3,4)5/h7-16H,6H2,1-5H3,(H,28,29). The third-order valence-electron chi connectivity index (χ3n) is 5.06. The summed E-state index contributed by atoms with van der Waals surface area (Å²) in [5.41, 5.74) is 3.02. The molecule has 0 bridgehead atoms. The van der Waals surface area contributed by atoms with Crippen molar-refractivity contribution in [1.82, 2.24) is 0 Å². The largest absolute Gasteiger partial charge is 0.481 e. The highest BCUT2D eigenvalue weighted by molar-refractivity contribution is 7.15. The maximum absolute atomic E-state index is 12.9. The van der Waals surface area contributed by atoms with E-state index in [2.05, 4.69) is 26.1 Å². The van der Waals surface area contributed by atoms with Gasteiger partial charge in [-0.15, -0.1) is 11.3 Å². The fourth-order valence-electron chi connectivity index (χ4n) is 3.20. The summed E-state index contributed by atoms with van der Waals surface area (Å²) in [5, 5.41) is 5.67. The molecule has 1 aromatic heterocycles. The van der Waals surface area contributed by atoms with E-state index in [1.165, 1.54) is 16.9 Å². The highest BCUT2D eigenvalue weighted by atomic mass is 35.5. The number of anilines is 1. The summed E-state index contributed by atoms with van der Waals surface area (Å²) in [5.74, 6) is -0.250. The Kier molecular flexibility index (Phi) is 7.82. The molecule has 1 amide bonds. The van der Waals surface area contributed by atoms with Crippen molar-refractivity contribution in [2.75, 3.05) is 11.9 Å². The van der Waals surface area contributed by atoms with E-state index < -0.39 is 12.1 Å². The number of nitrogens with one attached hydrogen (secondary N) is 1. The number of esters is 1. The zero-order valence-corrected chi connectivity index (χ0v) is 21.0. The molecule has 33 heavy (non-hydrogen) atoms. The number of hydrogen-bond acceptors (Lipinski definition) is 5. The van der Waals surface area contributed by atoms with Gasteiger partial charge in [0.05, 0.1) is 6.61 Å². The van der Waals surface area contributed by atoms with Crippen LogP contribution in [0.15, 0.2) is 53.9 Å². The van der Waals surface area contributed by atoms with Crippen molar-refractivity contribution in [2.24, 2.45) is 0 Å². The predicted molar refractivity (Wildman–Crippen MR) is 135 cm³/mol. The summed E-state index contributed by atoms with van der Waals surface area (Å²) < 4.78 is 11.1. The van der Waals surface area contributed by atoms with E-state index in [1.807, 2.05) is 41.8 Å². The van der Waals surface area contributed by atoms with Gasteiger partial charge in [-0.05, 0) is 54.7 Å². The van der Waals surface area contributed by atoms with Gasteiger partial charge in [-0.1, -0.05) is 56.6 Å². The molecule has 1 N–H and O–H groups in total. The molecular formula is C26H28ClNO4S. The third-order valence-corrected chi connectivity index (χ3v) is 6.21. The molecule has 1 unspecified atom stereocenters. The Morgan fingerprint density at radius 1 is 1.06 bits per heavy atom. The maximum atomic E-state index is 12.9. The molecule has 0 saturated carbocycles. The van der Waals surface area contributed by atoms with Crippen LogP contribution in [0.4, 0.5) is 5.00 Å². The maximum Gasteiger partial charge on any atom is 0.341 e. The molecule has 0 aliphatic heterocycles. The van der Waals surface area contributed by atoms with Crippen molar-refractivity contribution >= 4 is 39.8 Å². The molecule has 0 spiro atoms. The highest BCUT2D eigenvalue weighted by Crippen LogP contribution is 2.37. The summed E-state index contributed by atoms with van der Waals surface area (Å²) >= 11 is 7.26. The second kappa shape index (κ2) is 10.4. The number of ether oxygens (including phenoxy) is 2. The summed E-state index contributed by atoms with van der Waals surface area (Å²) in [4.78, 5) is 25.6. The Labute approximate surface area is 203 Å². The first-order chi connectivity index (χ1) is 15.6. The molecule has 174 valence electrons. The second-order valence-electron chi connectivity index (χ2n) is 8.60. The molecule has 0 aliphatic carbocycles. The molecule has 3 aromatic rings. The van der Waals surface area contributed by atoms with Crippen LogP contribution in [0.3, 0.4) is 0 Å². The van der Waals surface area contributed by atoms with Crippen molar-refractivity contribution in [1.29, 1.82) is 0 Å². The minimum Gasteiger partial charge on any atom is -0.481 e. The van der Waals surface area contributed by atoms with Gasteiger partial charge in [0.25, 0.3) is 5.91 Å². The van der Waals surface area contributed by atoms with Crippen LogP contribution in [0.2, 0.25) is 5.02 Å². The second-order valence-corrected chi connectivity index (χ2v) is 9.92. The summed E-state index contributed by atoms with van der Waals surface area (Å²) in [6, 6.07) is 14.9. The van der Waals surface area contributed by atoms with Crippen molar-refractivity contribution in [3.63, 3.8) is 0 Å². The lowest BCUT2D eigenvalue weighted by molar-refractivity contribution is -0.122. The molecule has 0 fully saturated rings. The van der Waals surface area contributed by atoms with Gasteiger partial charge >= 0.3 is 5.97 Å². The number of benzene rings is 2. The molecule has 3 rings (SSSR count). The van der Waals surface area contributed by atoms with Crippen LogP contribution in [0.1, 0.15) is 50.5 Å². The van der Waals surface area contributed by atoms with Gasteiger partial charge in [-0.3, -0.25) is 4.79 Å². The fraction of sp³-hybridized carbons (Fsp3) is 0.308. The van der Waals surface area contributed by atoms with E-state index in [1.54, 1.807) is 26.0 Å². The molecule has 0 aliphatic rings. The molecule has 0 radical (unpaired) electrons.